The van der Waals surface area contributed by atoms with Crippen LogP contribution >= 0.6 is 0 Å². The monoisotopic (exact) mass is 245 g/mol. The smallest absolute Gasteiger partial charge is 0.122 e. The Bertz CT molecular complexity index is 520. The van der Waals surface area contributed by atoms with E-state index in [1.807, 2.05) is 30.9 Å². The minimum absolute atomic E-state index is 0.596. The van der Waals surface area contributed by atoms with Gasteiger partial charge >= 0.3 is 0 Å². The van der Waals surface area contributed by atoms with Gasteiger partial charge in [0, 0.05) is 18.3 Å². The molecule has 0 aliphatic heterocycles. The van der Waals surface area contributed by atoms with Crippen LogP contribution in [0.5, 0.6) is 5.75 Å². The highest BCUT2D eigenvalue weighted by Crippen LogP contribution is 2.26. The van der Waals surface area contributed by atoms with Gasteiger partial charge in [0.15, 0.2) is 0 Å². The van der Waals surface area contributed by atoms with E-state index < -0.39 is 0 Å². The number of aryl methyl sites for hydroxylation is 1. The van der Waals surface area contributed by atoms with E-state index in [1.54, 1.807) is 0 Å². The first-order valence-corrected chi connectivity index (χ1v) is 6.21. The van der Waals surface area contributed by atoms with Crippen LogP contribution in [-0.2, 0) is 6.54 Å². The van der Waals surface area contributed by atoms with Crippen molar-refractivity contribution in [3.8, 4) is 16.9 Å². The third-order valence-electron chi connectivity index (χ3n) is 2.81. The molecule has 96 valence electrons. The fraction of sp³-hybridized carbons (Fsp3) is 0.357. The van der Waals surface area contributed by atoms with Crippen LogP contribution in [-0.4, -0.2) is 22.9 Å². The summed E-state index contributed by atoms with van der Waals surface area (Å²) in [6.07, 6.45) is 3.86. The number of rotatable bonds is 5. The van der Waals surface area contributed by atoms with Gasteiger partial charge in [-0.1, -0.05) is 12.1 Å². The quantitative estimate of drug-likeness (QED) is 0.878. The maximum absolute atomic E-state index is 5.61. The topological polar surface area (TPSA) is 53.1 Å². The molecule has 0 fully saturated rings. The second-order valence-electron chi connectivity index (χ2n) is 4.19. The van der Waals surface area contributed by atoms with Crippen molar-refractivity contribution in [2.75, 3.05) is 13.2 Å². The van der Waals surface area contributed by atoms with E-state index in [4.69, 9.17) is 10.5 Å². The van der Waals surface area contributed by atoms with Crippen LogP contribution in [0.2, 0.25) is 0 Å². The minimum Gasteiger partial charge on any atom is -0.494 e. The molecule has 0 amide bonds. The Balaban J connectivity index is 2.28. The van der Waals surface area contributed by atoms with Gasteiger partial charge in [0.2, 0.25) is 0 Å². The molecule has 2 N–H and O–H groups in total. The van der Waals surface area contributed by atoms with Crippen molar-refractivity contribution in [2.24, 2.45) is 5.73 Å². The van der Waals surface area contributed by atoms with Crippen molar-refractivity contribution in [3.63, 3.8) is 0 Å². The summed E-state index contributed by atoms with van der Waals surface area (Å²) in [4.78, 5) is 0. The van der Waals surface area contributed by atoms with E-state index in [1.165, 1.54) is 0 Å². The van der Waals surface area contributed by atoms with Gasteiger partial charge < -0.3 is 10.5 Å². The third-order valence-corrected chi connectivity index (χ3v) is 2.81. The number of nitrogens with two attached hydrogens (primary N) is 1. The first-order chi connectivity index (χ1) is 8.74. The van der Waals surface area contributed by atoms with E-state index >= 15 is 0 Å². The van der Waals surface area contributed by atoms with Crippen molar-refractivity contribution in [1.82, 2.24) is 9.78 Å². The largest absolute Gasteiger partial charge is 0.494 e. The lowest BCUT2D eigenvalue weighted by Gasteiger charge is -2.08. The number of benzene rings is 1. The molecule has 2 aromatic rings. The molecule has 0 saturated carbocycles. The minimum atomic E-state index is 0.596. The SMILES string of the molecule is CCOc1cc(-c2cnn(CCN)c2)ccc1C. The molecule has 0 spiro atoms. The lowest BCUT2D eigenvalue weighted by molar-refractivity contribution is 0.338. The summed E-state index contributed by atoms with van der Waals surface area (Å²) < 4.78 is 7.46. The molecule has 18 heavy (non-hydrogen) atoms. The summed E-state index contributed by atoms with van der Waals surface area (Å²) in [6.45, 7) is 6.05. The van der Waals surface area contributed by atoms with Crippen molar-refractivity contribution in [3.05, 3.63) is 36.2 Å². The van der Waals surface area contributed by atoms with Gasteiger partial charge in [0.05, 0.1) is 19.3 Å². The summed E-state index contributed by atoms with van der Waals surface area (Å²) in [6, 6.07) is 6.21. The number of nitrogens with zero attached hydrogens (tertiary/aromatic N) is 2. The Labute approximate surface area is 107 Å². The fourth-order valence-electron chi connectivity index (χ4n) is 1.86. The van der Waals surface area contributed by atoms with Crippen molar-refractivity contribution in [2.45, 2.75) is 20.4 Å². The van der Waals surface area contributed by atoms with Crippen LogP contribution in [0.3, 0.4) is 0 Å². The molecular formula is C14H19N3O. The summed E-state index contributed by atoms with van der Waals surface area (Å²) >= 11 is 0. The Morgan fingerprint density at radius 2 is 2.17 bits per heavy atom. The van der Waals surface area contributed by atoms with Crippen molar-refractivity contribution < 1.29 is 4.74 Å². The van der Waals surface area contributed by atoms with Gasteiger partial charge in [0.1, 0.15) is 5.75 Å². The molecule has 1 aromatic heterocycles. The lowest BCUT2D eigenvalue weighted by Crippen LogP contribution is -2.09. The standard InChI is InChI=1S/C14H19N3O/c1-3-18-14-8-12(5-4-11(14)2)13-9-16-17(10-13)7-6-15/h4-5,8-10H,3,6-7,15H2,1-2H3. The molecule has 1 heterocycles. The van der Waals surface area contributed by atoms with Gasteiger partial charge in [-0.25, -0.2) is 0 Å². The highest BCUT2D eigenvalue weighted by atomic mass is 16.5. The highest BCUT2D eigenvalue weighted by Gasteiger charge is 2.05. The van der Waals surface area contributed by atoms with Crippen LogP contribution in [0.1, 0.15) is 12.5 Å². The summed E-state index contributed by atoms with van der Waals surface area (Å²) in [7, 11) is 0. The first-order valence-electron chi connectivity index (χ1n) is 6.21. The molecule has 0 bridgehead atoms. The van der Waals surface area contributed by atoms with Gasteiger partial charge in [-0.2, -0.15) is 5.10 Å². The zero-order chi connectivity index (χ0) is 13.0. The predicted molar refractivity (Wildman–Crippen MR) is 72.6 cm³/mol. The average Bonchev–Trinajstić information content (AvgIpc) is 2.81. The maximum Gasteiger partial charge on any atom is 0.122 e. The Morgan fingerprint density at radius 3 is 2.89 bits per heavy atom. The lowest BCUT2D eigenvalue weighted by atomic mass is 10.1. The molecule has 4 heteroatoms. The Morgan fingerprint density at radius 1 is 1.33 bits per heavy atom. The van der Waals surface area contributed by atoms with E-state index in [0.29, 0.717) is 13.2 Å². The maximum atomic E-state index is 5.61. The third kappa shape index (κ3) is 2.71. The first kappa shape index (κ1) is 12.6. The second kappa shape index (κ2) is 5.69. The molecule has 4 nitrogen and oxygen atoms in total. The molecular weight excluding hydrogens is 226 g/mol. The summed E-state index contributed by atoms with van der Waals surface area (Å²) in [5, 5.41) is 4.28. The fourth-order valence-corrected chi connectivity index (χ4v) is 1.86. The summed E-state index contributed by atoms with van der Waals surface area (Å²) in [5.74, 6) is 0.932. The molecule has 0 saturated heterocycles. The van der Waals surface area contributed by atoms with Crippen molar-refractivity contribution >= 4 is 0 Å². The zero-order valence-corrected chi connectivity index (χ0v) is 10.9. The van der Waals surface area contributed by atoms with E-state index in [2.05, 4.69) is 23.3 Å². The van der Waals surface area contributed by atoms with Gasteiger partial charge in [0.25, 0.3) is 0 Å². The van der Waals surface area contributed by atoms with Crippen LogP contribution in [0, 0.1) is 6.92 Å². The van der Waals surface area contributed by atoms with Crippen LogP contribution in [0.25, 0.3) is 11.1 Å². The van der Waals surface area contributed by atoms with Gasteiger partial charge in [-0.3, -0.25) is 4.68 Å². The number of ether oxygens (including phenoxy) is 1. The number of hydrogen-bond acceptors (Lipinski definition) is 3. The molecule has 0 atom stereocenters. The van der Waals surface area contributed by atoms with Crippen LogP contribution < -0.4 is 10.5 Å². The Kier molecular flexibility index (Phi) is 3.99. The molecule has 0 aliphatic carbocycles. The van der Waals surface area contributed by atoms with Gasteiger partial charge in [-0.15, -0.1) is 0 Å². The molecule has 0 unspecified atom stereocenters. The molecule has 2 rings (SSSR count). The highest BCUT2D eigenvalue weighted by molar-refractivity contribution is 5.64. The van der Waals surface area contributed by atoms with E-state index in [-0.39, 0.29) is 0 Å². The average molecular weight is 245 g/mol. The molecule has 0 aliphatic rings. The van der Waals surface area contributed by atoms with E-state index in [9.17, 15) is 0 Å². The molecule has 1 aromatic carbocycles. The zero-order valence-electron chi connectivity index (χ0n) is 10.9. The van der Waals surface area contributed by atoms with Gasteiger partial charge in [-0.05, 0) is 31.0 Å². The van der Waals surface area contributed by atoms with E-state index in [0.717, 1.165) is 29.0 Å². The second-order valence-corrected chi connectivity index (χ2v) is 4.19. The number of aromatic nitrogens is 2. The Hall–Kier alpha value is -1.81. The number of hydrogen-bond donors (Lipinski definition) is 1. The van der Waals surface area contributed by atoms with Crippen LogP contribution in [0.4, 0.5) is 0 Å². The van der Waals surface area contributed by atoms with Crippen LogP contribution in [0.15, 0.2) is 30.6 Å². The molecule has 0 radical (unpaired) electrons. The normalized spacial score (nSPS) is 10.6. The van der Waals surface area contributed by atoms with Crippen molar-refractivity contribution in [1.29, 1.82) is 0 Å². The summed E-state index contributed by atoms with van der Waals surface area (Å²) in [5.41, 5.74) is 8.86. The predicted octanol–water partition coefficient (Wildman–Crippen LogP) is 2.22.